The van der Waals surface area contributed by atoms with Gasteiger partial charge in [0.2, 0.25) is 0 Å². The maximum atomic E-state index is 12.8. The summed E-state index contributed by atoms with van der Waals surface area (Å²) in [4.78, 5) is 2.93. The summed E-state index contributed by atoms with van der Waals surface area (Å²) < 4.78 is 40.8. The molecule has 2 nitrogen and oxygen atoms in total. The van der Waals surface area contributed by atoms with E-state index in [2.05, 4.69) is 4.98 Å². The quantitative estimate of drug-likeness (QED) is 0.799. The van der Waals surface area contributed by atoms with E-state index in [-0.39, 0.29) is 0 Å². The number of fused-ring (bicyclic) bond motifs is 1. The van der Waals surface area contributed by atoms with Crippen LogP contribution >= 0.6 is 12.2 Å². The Bertz CT molecular complexity index is 763. The fourth-order valence-electron chi connectivity index (χ4n) is 3.36. The Morgan fingerprint density at radius 3 is 2.57 bits per heavy atom. The van der Waals surface area contributed by atoms with Crippen LogP contribution in [0.3, 0.4) is 0 Å². The van der Waals surface area contributed by atoms with Gasteiger partial charge < -0.3 is 9.55 Å². The predicted octanol–water partition coefficient (Wildman–Crippen LogP) is 4.91. The molecule has 0 atom stereocenters. The van der Waals surface area contributed by atoms with Crippen LogP contribution in [0, 0.1) is 16.1 Å². The van der Waals surface area contributed by atoms with Crippen molar-refractivity contribution in [1.82, 2.24) is 9.55 Å². The number of benzene rings is 1. The number of aromatic amines is 1. The van der Waals surface area contributed by atoms with Gasteiger partial charge in [0.05, 0.1) is 16.6 Å². The van der Waals surface area contributed by atoms with Crippen LogP contribution in [0.5, 0.6) is 0 Å². The second-order valence-electron chi connectivity index (χ2n) is 6.38. The minimum absolute atomic E-state index is 0.357. The minimum Gasteiger partial charge on any atom is -0.331 e. The van der Waals surface area contributed by atoms with Crippen LogP contribution in [0.1, 0.15) is 31.2 Å². The number of nitrogens with zero attached hydrogens (tertiary/aromatic N) is 1. The van der Waals surface area contributed by atoms with E-state index >= 15 is 0 Å². The highest BCUT2D eigenvalue weighted by atomic mass is 32.1. The highest BCUT2D eigenvalue weighted by Gasteiger charge is 2.53. The van der Waals surface area contributed by atoms with Crippen LogP contribution in [-0.4, -0.2) is 9.55 Å². The zero-order valence-corrected chi connectivity index (χ0v) is 12.2. The molecule has 1 aromatic carbocycles. The zero-order valence-electron chi connectivity index (χ0n) is 11.3. The second-order valence-corrected chi connectivity index (χ2v) is 6.77. The second kappa shape index (κ2) is 4.12. The lowest BCUT2D eigenvalue weighted by molar-refractivity contribution is -0.137. The molecule has 0 radical (unpaired) electrons. The molecule has 2 aliphatic rings. The van der Waals surface area contributed by atoms with Gasteiger partial charge in [-0.1, -0.05) is 0 Å². The van der Waals surface area contributed by atoms with Crippen molar-refractivity contribution in [2.75, 3.05) is 0 Å². The number of aromatic nitrogens is 2. The fraction of sp³-hybridized carbons (Fsp3) is 0.533. The molecule has 2 aliphatic carbocycles. The molecule has 0 bridgehead atoms. The van der Waals surface area contributed by atoms with Crippen LogP contribution < -0.4 is 0 Å². The van der Waals surface area contributed by atoms with E-state index < -0.39 is 11.7 Å². The van der Waals surface area contributed by atoms with E-state index in [1.165, 1.54) is 31.7 Å². The molecular formula is C15H15F3N2S. The average Bonchev–Trinajstić information content (AvgIpc) is 3.28. The smallest absolute Gasteiger partial charge is 0.331 e. The predicted molar refractivity (Wildman–Crippen MR) is 76.5 cm³/mol. The number of halogens is 3. The van der Waals surface area contributed by atoms with Crippen molar-refractivity contribution in [3.63, 3.8) is 0 Å². The van der Waals surface area contributed by atoms with Gasteiger partial charge >= 0.3 is 6.18 Å². The van der Waals surface area contributed by atoms with Crippen molar-refractivity contribution in [3.05, 3.63) is 28.5 Å². The van der Waals surface area contributed by atoms with Gasteiger partial charge in [0.1, 0.15) is 0 Å². The molecule has 112 valence electrons. The largest absolute Gasteiger partial charge is 0.416 e. The number of hydrogen-bond donors (Lipinski definition) is 1. The van der Waals surface area contributed by atoms with Crippen molar-refractivity contribution in [1.29, 1.82) is 0 Å². The SMILES string of the molecule is FC(F)(F)c1ccc2c(c1)[nH]c(=S)n2CC1(C2CC2)CC1. The van der Waals surface area contributed by atoms with E-state index in [1.807, 2.05) is 4.57 Å². The number of alkyl halides is 3. The number of nitrogens with one attached hydrogen (secondary N) is 1. The summed E-state index contributed by atoms with van der Waals surface area (Å²) in [6.45, 7) is 0.835. The van der Waals surface area contributed by atoms with Crippen molar-refractivity contribution in [2.24, 2.45) is 11.3 Å². The summed E-state index contributed by atoms with van der Waals surface area (Å²) >= 11 is 5.32. The van der Waals surface area contributed by atoms with Gasteiger partial charge in [-0.2, -0.15) is 13.2 Å². The summed E-state index contributed by atoms with van der Waals surface area (Å²) in [5, 5.41) is 0. The molecular weight excluding hydrogens is 297 g/mol. The topological polar surface area (TPSA) is 20.7 Å². The highest BCUT2D eigenvalue weighted by molar-refractivity contribution is 7.71. The van der Waals surface area contributed by atoms with Gasteiger partial charge in [-0.05, 0) is 67.4 Å². The number of imidazole rings is 1. The van der Waals surface area contributed by atoms with Gasteiger partial charge in [0.25, 0.3) is 0 Å². The van der Waals surface area contributed by atoms with Crippen LogP contribution in [0.2, 0.25) is 0 Å². The monoisotopic (exact) mass is 312 g/mol. The van der Waals surface area contributed by atoms with E-state index in [9.17, 15) is 13.2 Å². The highest BCUT2D eigenvalue weighted by Crippen LogP contribution is 2.62. The first-order valence-electron chi connectivity index (χ1n) is 7.19. The van der Waals surface area contributed by atoms with Crippen molar-refractivity contribution < 1.29 is 13.2 Å². The first-order valence-corrected chi connectivity index (χ1v) is 7.60. The number of rotatable bonds is 3. The summed E-state index contributed by atoms with van der Waals surface area (Å²) in [6, 6.07) is 3.82. The van der Waals surface area contributed by atoms with Crippen molar-refractivity contribution in [3.8, 4) is 0 Å². The molecule has 0 unspecified atom stereocenters. The Kier molecular flexibility index (Phi) is 2.62. The zero-order chi connectivity index (χ0) is 14.8. The van der Waals surface area contributed by atoms with Gasteiger partial charge in [0.15, 0.2) is 4.77 Å². The first-order chi connectivity index (χ1) is 9.89. The molecule has 1 aromatic heterocycles. The third-order valence-electron chi connectivity index (χ3n) is 4.91. The van der Waals surface area contributed by atoms with Crippen LogP contribution in [0.15, 0.2) is 18.2 Å². The lowest BCUT2D eigenvalue weighted by Gasteiger charge is -2.15. The molecule has 0 amide bonds. The molecule has 1 heterocycles. The summed E-state index contributed by atoms with van der Waals surface area (Å²) in [6.07, 6.45) is 0.679. The van der Waals surface area contributed by atoms with Gasteiger partial charge in [-0.25, -0.2) is 0 Å². The third-order valence-corrected chi connectivity index (χ3v) is 5.23. The molecule has 4 rings (SSSR count). The van der Waals surface area contributed by atoms with Gasteiger partial charge in [-0.3, -0.25) is 0 Å². The molecule has 0 spiro atoms. The Labute approximate surface area is 125 Å². The van der Waals surface area contributed by atoms with Crippen molar-refractivity contribution >= 4 is 23.3 Å². The van der Waals surface area contributed by atoms with Crippen LogP contribution in [-0.2, 0) is 12.7 Å². The lowest BCUT2D eigenvalue weighted by atomic mass is 10.0. The van der Waals surface area contributed by atoms with Gasteiger partial charge in [-0.15, -0.1) is 0 Å². The van der Waals surface area contributed by atoms with E-state index in [0.29, 0.717) is 15.7 Å². The Morgan fingerprint density at radius 1 is 1.29 bits per heavy atom. The summed E-state index contributed by atoms with van der Waals surface area (Å²) in [5.74, 6) is 0.791. The third kappa shape index (κ3) is 2.20. The molecule has 21 heavy (non-hydrogen) atoms. The Balaban J connectivity index is 1.76. The molecule has 2 aromatic rings. The molecule has 2 fully saturated rings. The van der Waals surface area contributed by atoms with E-state index in [1.54, 1.807) is 0 Å². The summed E-state index contributed by atoms with van der Waals surface area (Å²) in [7, 11) is 0. The molecule has 2 saturated carbocycles. The van der Waals surface area contributed by atoms with Crippen LogP contribution in [0.4, 0.5) is 13.2 Å². The first kappa shape index (κ1) is 13.4. The number of hydrogen-bond acceptors (Lipinski definition) is 1. The maximum absolute atomic E-state index is 12.8. The molecule has 0 aliphatic heterocycles. The van der Waals surface area contributed by atoms with Crippen molar-refractivity contribution in [2.45, 2.75) is 38.4 Å². The Morgan fingerprint density at radius 2 is 2.00 bits per heavy atom. The Hall–Kier alpha value is -1.30. The lowest BCUT2D eigenvalue weighted by Crippen LogP contribution is -2.14. The summed E-state index contributed by atoms with van der Waals surface area (Å²) in [5.41, 5.74) is 0.971. The maximum Gasteiger partial charge on any atom is 0.416 e. The molecule has 6 heteroatoms. The normalized spacial score (nSPS) is 20.9. The van der Waals surface area contributed by atoms with Gasteiger partial charge in [0, 0.05) is 6.54 Å². The fourth-order valence-corrected chi connectivity index (χ4v) is 3.64. The standard InChI is InChI=1S/C15H15F3N2S/c16-15(17,18)10-3-4-12-11(7-10)19-13(21)20(12)8-14(5-6-14)9-1-2-9/h3-4,7,9H,1-2,5-6,8H2,(H,19,21). The van der Waals surface area contributed by atoms with E-state index in [4.69, 9.17) is 12.2 Å². The molecule has 1 N–H and O–H groups in total. The van der Waals surface area contributed by atoms with Crippen LogP contribution in [0.25, 0.3) is 11.0 Å². The molecule has 0 saturated heterocycles. The average molecular weight is 312 g/mol. The number of H-pyrrole nitrogens is 1. The minimum atomic E-state index is -4.32. The van der Waals surface area contributed by atoms with E-state index in [0.717, 1.165) is 30.1 Å².